The van der Waals surface area contributed by atoms with Crippen LogP contribution in [0.25, 0.3) is 11.0 Å². The van der Waals surface area contributed by atoms with Crippen molar-refractivity contribution in [3.05, 3.63) is 92.9 Å². The average Bonchev–Trinajstić information content (AvgIpc) is 3.39. The standard InChI is InChI=1S/C20H15NO5S/c22-18(15-10-13-4-1-2-5-16(13)26-19(15)23)21-12-20(24,14-7-9-27-11-14)17-6-3-8-25-17/h1-11,24H,12H2,(H,21,22). The lowest BCUT2D eigenvalue weighted by molar-refractivity contribution is 0.0527. The molecule has 0 saturated carbocycles. The van der Waals surface area contributed by atoms with E-state index in [2.05, 4.69) is 5.32 Å². The minimum absolute atomic E-state index is 0.124. The Morgan fingerprint density at radius 3 is 2.78 bits per heavy atom. The Hall–Kier alpha value is -3.16. The van der Waals surface area contributed by atoms with Gasteiger partial charge in [-0.3, -0.25) is 4.79 Å². The number of carbonyl (C=O) groups excluding carboxylic acids is 1. The van der Waals surface area contributed by atoms with Crippen LogP contribution in [0.3, 0.4) is 0 Å². The third kappa shape index (κ3) is 3.18. The number of nitrogens with one attached hydrogen (secondary N) is 1. The van der Waals surface area contributed by atoms with Crippen molar-refractivity contribution in [2.75, 3.05) is 6.54 Å². The number of hydrogen-bond acceptors (Lipinski definition) is 6. The van der Waals surface area contributed by atoms with E-state index < -0.39 is 17.1 Å². The van der Waals surface area contributed by atoms with Crippen molar-refractivity contribution in [3.63, 3.8) is 0 Å². The molecule has 0 bridgehead atoms. The Labute approximate surface area is 157 Å². The summed E-state index contributed by atoms with van der Waals surface area (Å²) in [5, 5.41) is 18.0. The Balaban J connectivity index is 1.63. The van der Waals surface area contributed by atoms with E-state index >= 15 is 0 Å². The van der Waals surface area contributed by atoms with Crippen molar-refractivity contribution in [2.45, 2.75) is 5.60 Å². The molecular formula is C20H15NO5S. The second-order valence-corrected chi connectivity index (χ2v) is 6.80. The Kier molecular flexibility index (Phi) is 4.39. The minimum atomic E-state index is -1.55. The molecule has 7 heteroatoms. The first-order valence-corrected chi connectivity index (χ1v) is 9.12. The zero-order chi connectivity index (χ0) is 18.9. The molecule has 0 radical (unpaired) electrons. The largest absolute Gasteiger partial charge is 0.466 e. The van der Waals surface area contributed by atoms with Crippen LogP contribution in [-0.2, 0) is 5.60 Å². The number of furan rings is 1. The van der Waals surface area contributed by atoms with Crippen LogP contribution >= 0.6 is 11.3 Å². The first-order valence-electron chi connectivity index (χ1n) is 8.18. The normalized spacial score (nSPS) is 13.4. The summed E-state index contributed by atoms with van der Waals surface area (Å²) < 4.78 is 10.6. The smallest absolute Gasteiger partial charge is 0.349 e. The molecule has 1 atom stereocenters. The van der Waals surface area contributed by atoms with Gasteiger partial charge in [-0.15, -0.1) is 0 Å². The van der Waals surface area contributed by atoms with Gasteiger partial charge in [0, 0.05) is 10.9 Å². The van der Waals surface area contributed by atoms with Crippen LogP contribution in [0.4, 0.5) is 0 Å². The molecule has 0 saturated heterocycles. The van der Waals surface area contributed by atoms with Crippen molar-refractivity contribution in [1.82, 2.24) is 5.32 Å². The molecule has 4 rings (SSSR count). The third-order valence-corrected chi connectivity index (χ3v) is 5.00. The van der Waals surface area contributed by atoms with Gasteiger partial charge in [0.1, 0.15) is 16.9 Å². The topological polar surface area (TPSA) is 92.7 Å². The number of aliphatic hydroxyl groups is 1. The fourth-order valence-electron chi connectivity index (χ4n) is 2.87. The Morgan fingerprint density at radius 1 is 1.19 bits per heavy atom. The zero-order valence-electron chi connectivity index (χ0n) is 14.0. The van der Waals surface area contributed by atoms with Crippen molar-refractivity contribution in [1.29, 1.82) is 0 Å². The van der Waals surface area contributed by atoms with Gasteiger partial charge in [0.2, 0.25) is 0 Å². The van der Waals surface area contributed by atoms with Gasteiger partial charge in [-0.05, 0) is 41.1 Å². The summed E-state index contributed by atoms with van der Waals surface area (Å²) in [6, 6.07) is 13.5. The number of benzene rings is 1. The quantitative estimate of drug-likeness (QED) is 0.518. The number of hydrogen-bond donors (Lipinski definition) is 2. The lowest BCUT2D eigenvalue weighted by Crippen LogP contribution is -2.42. The molecule has 27 heavy (non-hydrogen) atoms. The molecule has 1 unspecified atom stereocenters. The van der Waals surface area contributed by atoms with Gasteiger partial charge in [0.05, 0.1) is 12.8 Å². The molecule has 6 nitrogen and oxygen atoms in total. The van der Waals surface area contributed by atoms with E-state index in [1.54, 1.807) is 47.8 Å². The fraction of sp³-hybridized carbons (Fsp3) is 0.100. The average molecular weight is 381 g/mol. The van der Waals surface area contributed by atoms with Crippen molar-refractivity contribution < 1.29 is 18.7 Å². The molecule has 2 N–H and O–H groups in total. The third-order valence-electron chi connectivity index (χ3n) is 4.32. The van der Waals surface area contributed by atoms with Gasteiger partial charge in [-0.1, -0.05) is 18.2 Å². The number of rotatable bonds is 5. The number of thiophene rings is 1. The summed E-state index contributed by atoms with van der Waals surface area (Å²) in [5.74, 6) is -0.332. The second-order valence-electron chi connectivity index (χ2n) is 6.02. The molecule has 4 aromatic rings. The summed E-state index contributed by atoms with van der Waals surface area (Å²) >= 11 is 1.42. The molecule has 0 aliphatic heterocycles. The maximum absolute atomic E-state index is 12.6. The molecule has 0 fully saturated rings. The van der Waals surface area contributed by atoms with Gasteiger partial charge >= 0.3 is 5.63 Å². The fourth-order valence-corrected chi connectivity index (χ4v) is 3.59. The zero-order valence-corrected chi connectivity index (χ0v) is 14.9. The molecule has 136 valence electrons. The summed E-state index contributed by atoms with van der Waals surface area (Å²) in [7, 11) is 0. The van der Waals surface area contributed by atoms with Crippen LogP contribution < -0.4 is 10.9 Å². The predicted octanol–water partition coefficient (Wildman–Crippen LogP) is 3.11. The first-order chi connectivity index (χ1) is 13.1. The van der Waals surface area contributed by atoms with Crippen molar-refractivity contribution in [3.8, 4) is 0 Å². The van der Waals surface area contributed by atoms with Gasteiger partial charge in [0.25, 0.3) is 5.91 Å². The Bertz CT molecular complexity index is 1090. The number of carbonyl (C=O) groups is 1. The maximum atomic E-state index is 12.6. The number of fused-ring (bicyclic) bond motifs is 1. The molecule has 0 aliphatic carbocycles. The summed E-state index contributed by atoms with van der Waals surface area (Å²) in [6.07, 6.45) is 1.45. The maximum Gasteiger partial charge on any atom is 0.349 e. The minimum Gasteiger partial charge on any atom is -0.466 e. The van der Waals surface area contributed by atoms with Crippen LogP contribution in [0.15, 0.2) is 79.2 Å². The van der Waals surface area contributed by atoms with E-state index in [-0.39, 0.29) is 12.1 Å². The molecule has 0 aliphatic rings. The van der Waals surface area contributed by atoms with Crippen LogP contribution in [0.2, 0.25) is 0 Å². The summed E-state index contributed by atoms with van der Waals surface area (Å²) in [6.45, 7) is -0.164. The predicted molar refractivity (Wildman–Crippen MR) is 101 cm³/mol. The highest BCUT2D eigenvalue weighted by atomic mass is 32.1. The van der Waals surface area contributed by atoms with Gasteiger partial charge in [-0.25, -0.2) is 4.79 Å². The van der Waals surface area contributed by atoms with Crippen LogP contribution in [0.1, 0.15) is 21.7 Å². The second kappa shape index (κ2) is 6.86. The monoisotopic (exact) mass is 381 g/mol. The van der Waals surface area contributed by atoms with Gasteiger partial charge in [-0.2, -0.15) is 11.3 Å². The molecule has 3 aromatic heterocycles. The van der Waals surface area contributed by atoms with E-state index in [1.807, 2.05) is 5.38 Å². The summed E-state index contributed by atoms with van der Waals surface area (Å²) in [5.41, 5.74) is -1.40. The lowest BCUT2D eigenvalue weighted by atomic mass is 9.93. The molecule has 0 spiro atoms. The highest BCUT2D eigenvalue weighted by Gasteiger charge is 2.35. The highest BCUT2D eigenvalue weighted by Crippen LogP contribution is 2.31. The SMILES string of the molecule is O=C(NCC(O)(c1ccsc1)c1ccco1)c1cc2ccccc2oc1=O. The summed E-state index contributed by atoms with van der Waals surface area (Å²) in [4.78, 5) is 24.7. The van der Waals surface area contributed by atoms with E-state index in [1.165, 1.54) is 23.7 Å². The van der Waals surface area contributed by atoms with Crippen LogP contribution in [0, 0.1) is 0 Å². The molecule has 3 heterocycles. The number of amides is 1. The number of para-hydroxylation sites is 1. The first kappa shape index (κ1) is 17.3. The van der Waals surface area contributed by atoms with Crippen LogP contribution in [0.5, 0.6) is 0 Å². The van der Waals surface area contributed by atoms with E-state index in [0.717, 1.165) is 0 Å². The van der Waals surface area contributed by atoms with E-state index in [0.29, 0.717) is 22.3 Å². The molecule has 1 aromatic carbocycles. The van der Waals surface area contributed by atoms with Crippen molar-refractivity contribution >= 4 is 28.2 Å². The van der Waals surface area contributed by atoms with E-state index in [4.69, 9.17) is 8.83 Å². The highest BCUT2D eigenvalue weighted by molar-refractivity contribution is 7.08. The van der Waals surface area contributed by atoms with Crippen LogP contribution in [-0.4, -0.2) is 17.6 Å². The lowest BCUT2D eigenvalue weighted by Gasteiger charge is -2.25. The molecule has 1 amide bonds. The van der Waals surface area contributed by atoms with Gasteiger partial charge < -0.3 is 19.3 Å². The molecular weight excluding hydrogens is 366 g/mol. The van der Waals surface area contributed by atoms with E-state index in [9.17, 15) is 14.7 Å². The van der Waals surface area contributed by atoms with Crippen molar-refractivity contribution in [2.24, 2.45) is 0 Å². The van der Waals surface area contributed by atoms with Gasteiger partial charge in [0.15, 0.2) is 5.60 Å². The Morgan fingerprint density at radius 2 is 2.04 bits per heavy atom.